The largest absolute Gasteiger partial charge is 0.497 e. The fourth-order valence-corrected chi connectivity index (χ4v) is 3.11. The Morgan fingerprint density at radius 1 is 1.15 bits per heavy atom. The van der Waals surface area contributed by atoms with E-state index in [1.54, 1.807) is 32.2 Å². The molecule has 1 aliphatic heterocycles. The minimum atomic E-state index is -4.49. The second-order valence-corrected chi connectivity index (χ2v) is 6.31. The summed E-state index contributed by atoms with van der Waals surface area (Å²) in [5.74, 6) is 1.43. The second-order valence-electron chi connectivity index (χ2n) is 6.31. The SMILES string of the molecule is COc1cc(OC)cc(N2CCC(N(C)c3nccc(C(F)(F)F)n3)C2)c1. The first kappa shape index (κ1) is 19.1. The van der Waals surface area contributed by atoms with Crippen molar-refractivity contribution < 1.29 is 22.6 Å². The van der Waals surface area contributed by atoms with E-state index in [2.05, 4.69) is 14.9 Å². The summed E-state index contributed by atoms with van der Waals surface area (Å²) in [6, 6.07) is 6.48. The molecule has 0 saturated carbocycles. The lowest BCUT2D eigenvalue weighted by Crippen LogP contribution is -2.36. The van der Waals surface area contributed by atoms with E-state index >= 15 is 0 Å². The highest BCUT2D eigenvalue weighted by atomic mass is 19.4. The quantitative estimate of drug-likeness (QED) is 0.792. The average Bonchev–Trinajstić information content (AvgIpc) is 3.16. The first-order chi connectivity index (χ1) is 12.8. The molecule has 1 unspecified atom stereocenters. The minimum absolute atomic E-state index is 0.00863. The predicted octanol–water partition coefficient (Wildman–Crippen LogP) is 3.23. The zero-order chi connectivity index (χ0) is 19.6. The fourth-order valence-electron chi connectivity index (χ4n) is 3.11. The maximum atomic E-state index is 12.9. The van der Waals surface area contributed by atoms with Gasteiger partial charge < -0.3 is 19.3 Å². The molecule has 0 N–H and O–H groups in total. The molecule has 1 fully saturated rings. The lowest BCUT2D eigenvalue weighted by molar-refractivity contribution is -0.141. The molecule has 2 heterocycles. The highest BCUT2D eigenvalue weighted by Gasteiger charge is 2.34. The number of ether oxygens (including phenoxy) is 2. The fraction of sp³-hybridized carbons (Fsp3) is 0.444. The number of hydrogen-bond donors (Lipinski definition) is 0. The lowest BCUT2D eigenvalue weighted by Gasteiger charge is -2.26. The van der Waals surface area contributed by atoms with Crippen LogP contribution in [0.1, 0.15) is 12.1 Å². The van der Waals surface area contributed by atoms with Crippen LogP contribution in [-0.4, -0.2) is 50.4 Å². The molecule has 1 atom stereocenters. The molecule has 0 radical (unpaired) electrons. The van der Waals surface area contributed by atoms with Crippen molar-refractivity contribution in [3.8, 4) is 11.5 Å². The third-order valence-electron chi connectivity index (χ3n) is 4.66. The van der Waals surface area contributed by atoms with Gasteiger partial charge in [0.15, 0.2) is 0 Å². The second kappa shape index (κ2) is 7.50. The molecule has 1 aromatic heterocycles. The van der Waals surface area contributed by atoms with Crippen LogP contribution in [0.3, 0.4) is 0 Å². The first-order valence-corrected chi connectivity index (χ1v) is 8.43. The van der Waals surface area contributed by atoms with Crippen molar-refractivity contribution in [2.75, 3.05) is 44.2 Å². The van der Waals surface area contributed by atoms with Crippen molar-refractivity contribution in [1.82, 2.24) is 9.97 Å². The van der Waals surface area contributed by atoms with Gasteiger partial charge in [-0.15, -0.1) is 0 Å². The van der Waals surface area contributed by atoms with Gasteiger partial charge >= 0.3 is 6.18 Å². The van der Waals surface area contributed by atoms with E-state index in [9.17, 15) is 13.2 Å². The van der Waals surface area contributed by atoms with Gasteiger partial charge in [0.25, 0.3) is 0 Å². The van der Waals surface area contributed by atoms with E-state index in [-0.39, 0.29) is 12.0 Å². The molecule has 2 aromatic rings. The molecular formula is C18H21F3N4O2. The van der Waals surface area contributed by atoms with Gasteiger partial charge in [-0.3, -0.25) is 0 Å². The zero-order valence-corrected chi connectivity index (χ0v) is 15.3. The molecule has 27 heavy (non-hydrogen) atoms. The van der Waals surface area contributed by atoms with E-state index < -0.39 is 11.9 Å². The van der Waals surface area contributed by atoms with Gasteiger partial charge in [-0.25, -0.2) is 9.97 Å². The van der Waals surface area contributed by atoms with Crippen LogP contribution in [0.4, 0.5) is 24.8 Å². The molecule has 1 saturated heterocycles. The Balaban J connectivity index is 1.76. The van der Waals surface area contributed by atoms with Crippen LogP contribution in [-0.2, 0) is 6.18 Å². The van der Waals surface area contributed by atoms with Gasteiger partial charge in [-0.2, -0.15) is 13.2 Å². The number of hydrogen-bond acceptors (Lipinski definition) is 6. The van der Waals surface area contributed by atoms with E-state index in [4.69, 9.17) is 9.47 Å². The van der Waals surface area contributed by atoms with Crippen LogP contribution in [0, 0.1) is 0 Å². The molecule has 6 nitrogen and oxygen atoms in total. The van der Waals surface area contributed by atoms with Crippen molar-refractivity contribution in [2.45, 2.75) is 18.6 Å². The normalized spacial score (nSPS) is 17.1. The van der Waals surface area contributed by atoms with E-state index in [0.29, 0.717) is 18.0 Å². The molecule has 3 rings (SSSR count). The van der Waals surface area contributed by atoms with Crippen LogP contribution < -0.4 is 19.3 Å². The predicted molar refractivity (Wildman–Crippen MR) is 95.6 cm³/mol. The summed E-state index contributed by atoms with van der Waals surface area (Å²) in [6.07, 6.45) is -2.58. The first-order valence-electron chi connectivity index (χ1n) is 8.43. The third kappa shape index (κ3) is 4.17. The van der Waals surface area contributed by atoms with E-state index in [1.807, 2.05) is 12.1 Å². The average molecular weight is 382 g/mol. The highest BCUT2D eigenvalue weighted by molar-refractivity contribution is 5.57. The Bertz CT molecular complexity index is 778. The molecule has 9 heteroatoms. The summed E-state index contributed by atoms with van der Waals surface area (Å²) in [5.41, 5.74) is -0.00112. The van der Waals surface area contributed by atoms with E-state index in [1.165, 1.54) is 0 Å². The Kier molecular flexibility index (Phi) is 5.29. The van der Waals surface area contributed by atoms with Gasteiger partial charge in [0.1, 0.15) is 17.2 Å². The van der Waals surface area contributed by atoms with Crippen LogP contribution in [0.15, 0.2) is 30.5 Å². The molecule has 0 aliphatic carbocycles. The number of likely N-dealkylation sites (N-methyl/N-ethyl adjacent to an activating group) is 1. The molecule has 0 spiro atoms. The molecule has 0 amide bonds. The topological polar surface area (TPSA) is 50.7 Å². The number of rotatable bonds is 5. The number of halogens is 3. The Hall–Kier alpha value is -2.71. The summed E-state index contributed by atoms with van der Waals surface area (Å²) in [4.78, 5) is 11.5. The van der Waals surface area contributed by atoms with Crippen molar-refractivity contribution in [3.63, 3.8) is 0 Å². The van der Waals surface area contributed by atoms with E-state index in [0.717, 1.165) is 30.9 Å². The number of anilines is 2. The van der Waals surface area contributed by atoms with Gasteiger partial charge in [0.2, 0.25) is 5.95 Å². The Labute approximate surface area is 155 Å². The highest BCUT2D eigenvalue weighted by Crippen LogP contribution is 2.32. The number of alkyl halides is 3. The zero-order valence-electron chi connectivity index (χ0n) is 15.3. The molecule has 0 bridgehead atoms. The summed E-state index contributed by atoms with van der Waals surface area (Å²) in [7, 11) is 4.89. The van der Waals surface area contributed by atoms with Gasteiger partial charge in [0.05, 0.1) is 20.3 Å². The summed E-state index contributed by atoms with van der Waals surface area (Å²) in [5, 5.41) is 0. The summed E-state index contributed by atoms with van der Waals surface area (Å²) >= 11 is 0. The summed E-state index contributed by atoms with van der Waals surface area (Å²) < 4.78 is 49.3. The van der Waals surface area contributed by atoms with Crippen LogP contribution >= 0.6 is 0 Å². The minimum Gasteiger partial charge on any atom is -0.497 e. The Morgan fingerprint density at radius 2 is 1.81 bits per heavy atom. The number of benzene rings is 1. The van der Waals surface area contributed by atoms with Crippen molar-refractivity contribution in [1.29, 1.82) is 0 Å². The molecule has 1 aliphatic rings. The smallest absolute Gasteiger partial charge is 0.433 e. The van der Waals surface area contributed by atoms with Crippen LogP contribution in [0.2, 0.25) is 0 Å². The maximum Gasteiger partial charge on any atom is 0.433 e. The number of nitrogens with zero attached hydrogens (tertiary/aromatic N) is 4. The summed E-state index contributed by atoms with van der Waals surface area (Å²) in [6.45, 7) is 1.39. The Morgan fingerprint density at radius 3 is 2.41 bits per heavy atom. The van der Waals surface area contributed by atoms with Crippen LogP contribution in [0.25, 0.3) is 0 Å². The van der Waals surface area contributed by atoms with Crippen molar-refractivity contribution in [2.24, 2.45) is 0 Å². The van der Waals surface area contributed by atoms with Crippen molar-refractivity contribution in [3.05, 3.63) is 36.2 Å². The molecule has 146 valence electrons. The van der Waals surface area contributed by atoms with Crippen molar-refractivity contribution >= 4 is 11.6 Å². The van der Waals surface area contributed by atoms with Gasteiger partial charge in [0, 0.05) is 50.2 Å². The number of aromatic nitrogens is 2. The number of methoxy groups -OCH3 is 2. The molecular weight excluding hydrogens is 361 g/mol. The van der Waals surface area contributed by atoms with Gasteiger partial charge in [-0.05, 0) is 12.5 Å². The third-order valence-corrected chi connectivity index (χ3v) is 4.66. The standard InChI is InChI=1S/C18H21F3N4O2/c1-24(17-22-6-4-16(23-17)18(19,20)21)12-5-7-25(11-12)13-8-14(26-2)10-15(9-13)27-3/h4,6,8-10,12H,5,7,11H2,1-3H3. The van der Waals surface area contributed by atoms with Gasteiger partial charge in [-0.1, -0.05) is 0 Å². The monoisotopic (exact) mass is 382 g/mol. The molecule has 1 aromatic carbocycles. The lowest BCUT2D eigenvalue weighted by atomic mass is 10.2. The maximum absolute atomic E-state index is 12.9. The van der Waals surface area contributed by atoms with Crippen LogP contribution in [0.5, 0.6) is 11.5 Å².